The van der Waals surface area contributed by atoms with Gasteiger partial charge in [-0.15, -0.1) is 0 Å². The van der Waals surface area contributed by atoms with E-state index >= 15 is 0 Å². The second-order valence-corrected chi connectivity index (χ2v) is 4.19. The van der Waals surface area contributed by atoms with Gasteiger partial charge < -0.3 is 0 Å². The van der Waals surface area contributed by atoms with Crippen LogP contribution in [0.25, 0.3) is 0 Å². The van der Waals surface area contributed by atoms with Crippen LogP contribution in [0, 0.1) is 11.6 Å². The SMILES string of the molecule is NS(=O)(=O)OCc1ccc(F)c(Cl)c1F. The van der Waals surface area contributed by atoms with Gasteiger partial charge in [0.2, 0.25) is 0 Å². The molecule has 0 spiro atoms. The van der Waals surface area contributed by atoms with Gasteiger partial charge in [-0.25, -0.2) is 13.9 Å². The standard InChI is InChI=1S/C7H6ClF2NO3S/c8-6-5(9)2-1-4(7(6)10)3-14-15(11,12)13/h1-2H,3H2,(H2,11,12,13). The van der Waals surface area contributed by atoms with E-state index in [0.717, 1.165) is 12.1 Å². The van der Waals surface area contributed by atoms with Crippen molar-refractivity contribution in [3.63, 3.8) is 0 Å². The first kappa shape index (κ1) is 12.3. The fourth-order valence-electron chi connectivity index (χ4n) is 0.823. The molecule has 0 radical (unpaired) electrons. The highest BCUT2D eigenvalue weighted by atomic mass is 35.5. The smallest absolute Gasteiger partial charge is 0.253 e. The van der Waals surface area contributed by atoms with Crippen LogP contribution in [-0.2, 0) is 21.1 Å². The summed E-state index contributed by atoms with van der Waals surface area (Å²) in [7, 11) is -4.17. The maximum atomic E-state index is 13.2. The lowest BCUT2D eigenvalue weighted by molar-refractivity contribution is 0.302. The van der Waals surface area contributed by atoms with Crippen molar-refractivity contribution >= 4 is 21.9 Å². The molecule has 0 aromatic heterocycles. The predicted molar refractivity (Wildman–Crippen MR) is 49.3 cm³/mol. The van der Waals surface area contributed by atoms with Gasteiger partial charge in [-0.3, -0.25) is 4.18 Å². The number of halogens is 3. The summed E-state index contributed by atoms with van der Waals surface area (Å²) in [6, 6.07) is 1.91. The summed E-state index contributed by atoms with van der Waals surface area (Å²) < 4.78 is 50.7. The van der Waals surface area contributed by atoms with Crippen LogP contribution in [0.2, 0.25) is 5.02 Å². The monoisotopic (exact) mass is 257 g/mol. The molecule has 0 saturated heterocycles. The third-order valence-corrected chi connectivity index (χ3v) is 2.29. The third-order valence-electron chi connectivity index (χ3n) is 1.49. The molecule has 0 aliphatic carbocycles. The molecule has 0 bridgehead atoms. The summed E-state index contributed by atoms with van der Waals surface area (Å²) in [5.74, 6) is -2.01. The first-order chi connectivity index (χ1) is 6.81. The van der Waals surface area contributed by atoms with Gasteiger partial charge in [0.15, 0.2) is 0 Å². The number of hydrogen-bond donors (Lipinski definition) is 1. The molecule has 2 N–H and O–H groups in total. The van der Waals surface area contributed by atoms with E-state index in [4.69, 9.17) is 11.6 Å². The lowest BCUT2D eigenvalue weighted by Crippen LogP contribution is -2.16. The van der Waals surface area contributed by atoms with E-state index in [1.54, 1.807) is 0 Å². The fourth-order valence-corrected chi connectivity index (χ4v) is 1.30. The van der Waals surface area contributed by atoms with E-state index in [2.05, 4.69) is 9.32 Å². The molecular weight excluding hydrogens is 252 g/mol. The molecule has 0 heterocycles. The van der Waals surface area contributed by atoms with Gasteiger partial charge >= 0.3 is 10.3 Å². The highest BCUT2D eigenvalue weighted by molar-refractivity contribution is 7.84. The maximum absolute atomic E-state index is 13.2. The average Bonchev–Trinajstić information content (AvgIpc) is 2.12. The van der Waals surface area contributed by atoms with Crippen LogP contribution in [0.3, 0.4) is 0 Å². The Bertz CT molecular complexity index is 477. The average molecular weight is 258 g/mol. The summed E-state index contributed by atoms with van der Waals surface area (Å²) in [5.41, 5.74) is -0.199. The molecule has 1 rings (SSSR count). The Hall–Kier alpha value is -0.760. The van der Waals surface area contributed by atoms with Crippen LogP contribution in [0.1, 0.15) is 5.56 Å². The van der Waals surface area contributed by atoms with Crippen molar-refractivity contribution in [2.75, 3.05) is 0 Å². The van der Waals surface area contributed by atoms with Gasteiger partial charge in [0.1, 0.15) is 16.7 Å². The molecule has 0 aliphatic rings. The topological polar surface area (TPSA) is 69.4 Å². The van der Waals surface area contributed by atoms with E-state index in [1.165, 1.54) is 0 Å². The van der Waals surface area contributed by atoms with Crippen LogP contribution in [-0.4, -0.2) is 8.42 Å². The van der Waals surface area contributed by atoms with Crippen molar-refractivity contribution in [2.24, 2.45) is 5.14 Å². The van der Waals surface area contributed by atoms with E-state index < -0.39 is 33.6 Å². The van der Waals surface area contributed by atoms with Crippen LogP contribution in [0.5, 0.6) is 0 Å². The number of hydrogen-bond acceptors (Lipinski definition) is 3. The highest BCUT2D eigenvalue weighted by Gasteiger charge is 2.13. The van der Waals surface area contributed by atoms with Gasteiger partial charge in [0.25, 0.3) is 0 Å². The molecule has 0 amide bonds. The summed E-state index contributed by atoms with van der Waals surface area (Å²) in [6.07, 6.45) is 0. The summed E-state index contributed by atoms with van der Waals surface area (Å²) in [5, 5.41) is 3.80. The molecule has 15 heavy (non-hydrogen) atoms. The van der Waals surface area contributed by atoms with E-state index in [0.29, 0.717) is 0 Å². The first-order valence-electron chi connectivity index (χ1n) is 3.61. The second kappa shape index (κ2) is 4.40. The Morgan fingerprint density at radius 2 is 2.00 bits per heavy atom. The van der Waals surface area contributed by atoms with Crippen LogP contribution in [0.4, 0.5) is 8.78 Å². The Morgan fingerprint density at radius 3 is 2.53 bits per heavy atom. The zero-order valence-electron chi connectivity index (χ0n) is 7.21. The van der Waals surface area contributed by atoms with Gasteiger partial charge in [-0.05, 0) is 6.07 Å². The van der Waals surface area contributed by atoms with Crippen molar-refractivity contribution in [2.45, 2.75) is 6.61 Å². The van der Waals surface area contributed by atoms with Crippen LogP contribution in [0.15, 0.2) is 12.1 Å². The normalized spacial score (nSPS) is 11.7. The van der Waals surface area contributed by atoms with Crippen LogP contribution < -0.4 is 5.14 Å². The Balaban J connectivity index is 2.93. The molecule has 1 aromatic rings. The highest BCUT2D eigenvalue weighted by Crippen LogP contribution is 2.22. The molecular formula is C7H6ClF2NO3S. The first-order valence-corrected chi connectivity index (χ1v) is 5.45. The molecule has 0 unspecified atom stereocenters. The summed E-state index contributed by atoms with van der Waals surface area (Å²) in [6.45, 7) is -0.634. The van der Waals surface area contributed by atoms with Gasteiger partial charge in [-0.1, -0.05) is 17.7 Å². The van der Waals surface area contributed by atoms with E-state index in [1.807, 2.05) is 0 Å². The summed E-state index contributed by atoms with van der Waals surface area (Å²) in [4.78, 5) is 0. The quantitative estimate of drug-likeness (QED) is 0.831. The Labute approximate surface area is 89.9 Å². The van der Waals surface area contributed by atoms with Crippen LogP contribution >= 0.6 is 11.6 Å². The zero-order chi connectivity index (χ0) is 11.6. The minimum atomic E-state index is -4.17. The van der Waals surface area contributed by atoms with Crippen molar-refractivity contribution < 1.29 is 21.4 Å². The van der Waals surface area contributed by atoms with Gasteiger partial charge in [-0.2, -0.15) is 8.42 Å². The van der Waals surface area contributed by atoms with Gasteiger partial charge in [0.05, 0.1) is 6.61 Å². The Morgan fingerprint density at radius 1 is 1.40 bits per heavy atom. The third kappa shape index (κ3) is 3.38. The molecule has 1 aromatic carbocycles. The molecule has 0 fully saturated rings. The Kier molecular flexibility index (Phi) is 3.61. The number of benzene rings is 1. The molecule has 8 heteroatoms. The number of rotatable bonds is 3. The fraction of sp³-hybridized carbons (Fsp3) is 0.143. The van der Waals surface area contributed by atoms with Crippen molar-refractivity contribution in [1.29, 1.82) is 0 Å². The lowest BCUT2D eigenvalue weighted by atomic mass is 10.2. The van der Waals surface area contributed by atoms with Gasteiger partial charge in [0, 0.05) is 5.56 Å². The molecule has 0 saturated carbocycles. The largest absolute Gasteiger partial charge is 0.333 e. The number of nitrogens with two attached hydrogens (primary N) is 1. The lowest BCUT2D eigenvalue weighted by Gasteiger charge is -2.04. The molecule has 0 aliphatic heterocycles. The predicted octanol–water partition coefficient (Wildman–Crippen LogP) is 1.34. The molecule has 4 nitrogen and oxygen atoms in total. The zero-order valence-corrected chi connectivity index (χ0v) is 8.78. The van der Waals surface area contributed by atoms with E-state index in [9.17, 15) is 17.2 Å². The maximum Gasteiger partial charge on any atom is 0.333 e. The molecule has 0 atom stereocenters. The molecule has 84 valence electrons. The van der Waals surface area contributed by atoms with Crippen molar-refractivity contribution in [3.05, 3.63) is 34.4 Å². The second-order valence-electron chi connectivity index (χ2n) is 2.59. The minimum absolute atomic E-state index is 0.199. The van der Waals surface area contributed by atoms with Crippen molar-refractivity contribution in [1.82, 2.24) is 0 Å². The summed E-state index contributed by atoms with van der Waals surface area (Å²) >= 11 is 5.25. The minimum Gasteiger partial charge on any atom is -0.253 e. The van der Waals surface area contributed by atoms with Crippen molar-refractivity contribution in [3.8, 4) is 0 Å². The van der Waals surface area contributed by atoms with E-state index in [-0.39, 0.29) is 5.56 Å².